The molecule has 0 atom stereocenters. The lowest BCUT2D eigenvalue weighted by molar-refractivity contribution is 0.303. The third kappa shape index (κ3) is 2.91. The third-order valence-electron chi connectivity index (χ3n) is 3.06. The lowest BCUT2D eigenvalue weighted by Crippen LogP contribution is -2.00. The molecule has 1 aromatic rings. The smallest absolute Gasteiger partial charge is 0.124 e. The van der Waals surface area contributed by atoms with Crippen molar-refractivity contribution in [1.29, 1.82) is 0 Å². The molecule has 2 heteroatoms. The average molecular weight is 219 g/mol. The van der Waals surface area contributed by atoms with E-state index >= 15 is 0 Å². The van der Waals surface area contributed by atoms with E-state index in [1.807, 2.05) is 12.1 Å². The molecule has 0 saturated heterocycles. The van der Waals surface area contributed by atoms with E-state index < -0.39 is 0 Å². The second-order valence-corrected chi connectivity index (χ2v) is 4.63. The van der Waals surface area contributed by atoms with E-state index in [0.29, 0.717) is 0 Å². The third-order valence-corrected chi connectivity index (χ3v) is 3.06. The maximum absolute atomic E-state index is 5.84. The number of benzene rings is 1. The number of unbranched alkanes of at least 4 members (excludes halogenated alkanes) is 2. The molecule has 1 aliphatic carbocycles. The lowest BCUT2D eigenvalue weighted by Gasteiger charge is -2.11. The van der Waals surface area contributed by atoms with Crippen molar-refractivity contribution in [3.05, 3.63) is 23.8 Å². The molecular weight excluding hydrogens is 198 g/mol. The highest BCUT2D eigenvalue weighted by Gasteiger charge is 2.26. The molecule has 2 rings (SSSR count). The van der Waals surface area contributed by atoms with E-state index in [0.717, 1.165) is 30.4 Å². The van der Waals surface area contributed by atoms with Crippen LogP contribution < -0.4 is 10.5 Å². The van der Waals surface area contributed by atoms with Crippen molar-refractivity contribution in [3.63, 3.8) is 0 Å². The van der Waals surface area contributed by atoms with Crippen molar-refractivity contribution in [2.45, 2.75) is 44.9 Å². The summed E-state index contributed by atoms with van der Waals surface area (Å²) in [7, 11) is 0. The quantitative estimate of drug-likeness (QED) is 0.584. The minimum Gasteiger partial charge on any atom is -0.493 e. The molecule has 0 bridgehead atoms. The maximum Gasteiger partial charge on any atom is 0.124 e. The highest BCUT2D eigenvalue weighted by molar-refractivity contribution is 5.50. The van der Waals surface area contributed by atoms with Gasteiger partial charge in [0.1, 0.15) is 5.75 Å². The first kappa shape index (κ1) is 11.3. The van der Waals surface area contributed by atoms with Crippen molar-refractivity contribution in [2.24, 2.45) is 0 Å². The number of nitrogens with two attached hydrogens (primary N) is 1. The number of nitrogen functional groups attached to an aromatic ring is 1. The van der Waals surface area contributed by atoms with Gasteiger partial charge < -0.3 is 10.5 Å². The maximum atomic E-state index is 5.84. The Morgan fingerprint density at radius 2 is 2.12 bits per heavy atom. The minimum absolute atomic E-state index is 0.724. The van der Waals surface area contributed by atoms with Crippen molar-refractivity contribution in [3.8, 4) is 5.75 Å². The predicted molar refractivity (Wildman–Crippen MR) is 67.8 cm³/mol. The molecule has 0 heterocycles. The van der Waals surface area contributed by atoms with Gasteiger partial charge in [0, 0.05) is 11.8 Å². The van der Waals surface area contributed by atoms with Crippen molar-refractivity contribution < 1.29 is 4.74 Å². The number of hydrogen-bond acceptors (Lipinski definition) is 2. The van der Waals surface area contributed by atoms with E-state index in [4.69, 9.17) is 10.5 Å². The molecule has 0 spiro atoms. The monoisotopic (exact) mass is 219 g/mol. The van der Waals surface area contributed by atoms with Gasteiger partial charge in [-0.25, -0.2) is 0 Å². The molecule has 0 unspecified atom stereocenters. The Balaban J connectivity index is 1.97. The fourth-order valence-electron chi connectivity index (χ4n) is 1.94. The topological polar surface area (TPSA) is 35.2 Å². The second kappa shape index (κ2) is 5.24. The Morgan fingerprint density at radius 3 is 2.81 bits per heavy atom. The Labute approximate surface area is 97.8 Å². The summed E-state index contributed by atoms with van der Waals surface area (Å²) < 4.78 is 5.84. The molecule has 0 aromatic heterocycles. The fraction of sp³-hybridized carbons (Fsp3) is 0.571. The molecular formula is C14H21NO. The van der Waals surface area contributed by atoms with Gasteiger partial charge in [-0.1, -0.05) is 25.8 Å². The molecule has 16 heavy (non-hydrogen) atoms. The molecule has 0 aliphatic heterocycles. The summed E-state index contributed by atoms with van der Waals surface area (Å²) in [5.41, 5.74) is 7.95. The molecule has 0 amide bonds. The highest BCUT2D eigenvalue weighted by atomic mass is 16.5. The molecule has 0 radical (unpaired) electrons. The standard InChI is InChI=1S/C14H21NO/c1-2-3-4-9-16-14-10-12(15)7-8-13(14)11-5-6-11/h7-8,10-11H,2-6,9,15H2,1H3. The Morgan fingerprint density at radius 1 is 1.31 bits per heavy atom. The molecule has 1 fully saturated rings. The molecule has 2 nitrogen and oxygen atoms in total. The van der Waals surface area contributed by atoms with E-state index in [1.54, 1.807) is 0 Å². The van der Waals surface area contributed by atoms with Gasteiger partial charge in [0.25, 0.3) is 0 Å². The summed E-state index contributed by atoms with van der Waals surface area (Å²) in [6.07, 6.45) is 6.21. The Kier molecular flexibility index (Phi) is 3.70. The summed E-state index contributed by atoms with van der Waals surface area (Å²) >= 11 is 0. The van der Waals surface area contributed by atoms with Crippen LogP contribution in [-0.4, -0.2) is 6.61 Å². The van der Waals surface area contributed by atoms with E-state index in [1.165, 1.54) is 31.2 Å². The highest BCUT2D eigenvalue weighted by Crippen LogP contribution is 2.44. The van der Waals surface area contributed by atoms with Gasteiger partial charge >= 0.3 is 0 Å². The minimum atomic E-state index is 0.724. The SMILES string of the molecule is CCCCCOc1cc(N)ccc1C1CC1. The Bertz CT molecular complexity index is 345. The van der Waals surface area contributed by atoms with Crippen molar-refractivity contribution in [1.82, 2.24) is 0 Å². The second-order valence-electron chi connectivity index (χ2n) is 4.63. The van der Waals surface area contributed by atoms with Crippen molar-refractivity contribution >= 4 is 5.69 Å². The number of hydrogen-bond donors (Lipinski definition) is 1. The zero-order valence-electron chi connectivity index (χ0n) is 10.0. The summed E-state index contributed by atoms with van der Waals surface area (Å²) in [5, 5.41) is 0. The molecule has 1 aliphatic rings. The Hall–Kier alpha value is -1.18. The van der Waals surface area contributed by atoms with Crippen LogP contribution in [0.3, 0.4) is 0 Å². The van der Waals surface area contributed by atoms with E-state index in [-0.39, 0.29) is 0 Å². The average Bonchev–Trinajstić information content (AvgIpc) is 3.08. The zero-order chi connectivity index (χ0) is 11.4. The summed E-state index contributed by atoms with van der Waals surface area (Å²) in [5.74, 6) is 1.74. The van der Waals surface area contributed by atoms with Crippen LogP contribution in [0, 0.1) is 0 Å². The van der Waals surface area contributed by atoms with Gasteiger partial charge in [-0.2, -0.15) is 0 Å². The normalized spacial score (nSPS) is 15.1. The molecule has 88 valence electrons. The van der Waals surface area contributed by atoms with E-state index in [2.05, 4.69) is 13.0 Å². The molecule has 2 N–H and O–H groups in total. The largest absolute Gasteiger partial charge is 0.493 e. The van der Waals surface area contributed by atoms with Gasteiger partial charge in [0.05, 0.1) is 6.61 Å². The van der Waals surface area contributed by atoms with Crippen molar-refractivity contribution in [2.75, 3.05) is 12.3 Å². The van der Waals surface area contributed by atoms with Crippen LogP contribution in [0.2, 0.25) is 0 Å². The number of rotatable bonds is 6. The van der Waals surface area contributed by atoms with Gasteiger partial charge in [-0.15, -0.1) is 0 Å². The van der Waals surface area contributed by atoms with Gasteiger partial charge in [0.2, 0.25) is 0 Å². The lowest BCUT2D eigenvalue weighted by atomic mass is 10.1. The zero-order valence-corrected chi connectivity index (χ0v) is 10.0. The van der Waals surface area contributed by atoms with Crippen LogP contribution in [0.1, 0.15) is 50.5 Å². The first-order valence-corrected chi connectivity index (χ1v) is 6.33. The van der Waals surface area contributed by atoms with Crippen LogP contribution in [0.4, 0.5) is 5.69 Å². The van der Waals surface area contributed by atoms with Crippen LogP contribution in [-0.2, 0) is 0 Å². The number of anilines is 1. The summed E-state index contributed by atoms with van der Waals surface area (Å²) in [4.78, 5) is 0. The van der Waals surface area contributed by atoms with Crippen LogP contribution in [0.15, 0.2) is 18.2 Å². The van der Waals surface area contributed by atoms with Crippen LogP contribution in [0.5, 0.6) is 5.75 Å². The van der Waals surface area contributed by atoms with Gasteiger partial charge in [-0.3, -0.25) is 0 Å². The first-order chi connectivity index (χ1) is 7.81. The van der Waals surface area contributed by atoms with Gasteiger partial charge in [-0.05, 0) is 36.8 Å². The first-order valence-electron chi connectivity index (χ1n) is 6.33. The number of ether oxygens (including phenoxy) is 1. The van der Waals surface area contributed by atoms with Crippen LogP contribution in [0.25, 0.3) is 0 Å². The molecule has 1 aromatic carbocycles. The summed E-state index contributed by atoms with van der Waals surface area (Å²) in [6.45, 7) is 3.02. The van der Waals surface area contributed by atoms with Crippen LogP contribution >= 0.6 is 0 Å². The van der Waals surface area contributed by atoms with E-state index in [9.17, 15) is 0 Å². The summed E-state index contributed by atoms with van der Waals surface area (Å²) in [6, 6.07) is 6.08. The van der Waals surface area contributed by atoms with Gasteiger partial charge in [0.15, 0.2) is 0 Å². The molecule has 1 saturated carbocycles. The predicted octanol–water partition coefficient (Wildman–Crippen LogP) is 3.72. The fourth-order valence-corrected chi connectivity index (χ4v) is 1.94.